The number of aromatic nitrogens is 2. The Kier molecular flexibility index (Phi) is 3.34. The summed E-state index contributed by atoms with van der Waals surface area (Å²) in [5, 5.41) is 5.68. The molecule has 1 aliphatic rings. The fraction of sp³-hybridized carbons (Fsp3) is 0.188. The zero-order chi connectivity index (χ0) is 15.8. The number of thiophene rings is 1. The van der Waals surface area contributed by atoms with Gasteiger partial charge in [-0.15, -0.1) is 11.3 Å². The molecule has 4 rings (SSSR count). The second-order valence-corrected chi connectivity index (χ2v) is 6.21. The Labute approximate surface area is 135 Å². The molecule has 0 radical (unpaired) electrons. The summed E-state index contributed by atoms with van der Waals surface area (Å²) in [5.74, 6) is -0.363. The molecule has 0 aliphatic carbocycles. The molecular weight excluding hydrogens is 314 g/mol. The number of carbonyl (C=O) groups excluding carboxylic acids is 1. The SMILES string of the molecule is O=C(Cn1c(-c2cccs2)noc1=O)N1CCc2ccccc21. The molecule has 0 fully saturated rings. The number of benzene rings is 1. The molecule has 116 valence electrons. The van der Waals surface area contributed by atoms with E-state index in [0.29, 0.717) is 12.4 Å². The summed E-state index contributed by atoms with van der Waals surface area (Å²) in [6.45, 7) is 0.552. The van der Waals surface area contributed by atoms with Crippen molar-refractivity contribution < 1.29 is 9.32 Å². The van der Waals surface area contributed by atoms with Crippen molar-refractivity contribution in [3.63, 3.8) is 0 Å². The largest absolute Gasteiger partial charge is 0.442 e. The summed E-state index contributed by atoms with van der Waals surface area (Å²) in [7, 11) is 0. The van der Waals surface area contributed by atoms with E-state index in [9.17, 15) is 9.59 Å². The number of hydrogen-bond donors (Lipinski definition) is 0. The van der Waals surface area contributed by atoms with Gasteiger partial charge in [-0.05, 0) is 29.5 Å². The summed E-state index contributed by atoms with van der Waals surface area (Å²) in [6, 6.07) is 11.5. The highest BCUT2D eigenvalue weighted by Gasteiger charge is 2.26. The van der Waals surface area contributed by atoms with Gasteiger partial charge in [-0.25, -0.2) is 9.36 Å². The van der Waals surface area contributed by atoms with Crippen LogP contribution in [0.4, 0.5) is 5.69 Å². The third-order valence-electron chi connectivity index (χ3n) is 3.91. The molecule has 0 unspecified atom stereocenters. The number of fused-ring (bicyclic) bond motifs is 1. The summed E-state index contributed by atoms with van der Waals surface area (Å²) in [6.07, 6.45) is 0.832. The molecule has 0 saturated heterocycles. The molecule has 1 aliphatic heterocycles. The first-order valence-electron chi connectivity index (χ1n) is 7.23. The number of hydrogen-bond acceptors (Lipinski definition) is 5. The standard InChI is InChI=1S/C16H13N3O3S/c20-14(18-8-7-11-4-1-2-5-12(11)18)10-19-15(17-22-16(19)21)13-6-3-9-23-13/h1-6,9H,7-8,10H2. The van der Waals surface area contributed by atoms with Gasteiger partial charge in [0.05, 0.1) is 4.88 Å². The van der Waals surface area contributed by atoms with E-state index in [1.54, 1.807) is 4.90 Å². The monoisotopic (exact) mass is 327 g/mol. The van der Waals surface area contributed by atoms with Crippen LogP contribution in [-0.2, 0) is 17.8 Å². The third kappa shape index (κ3) is 2.39. The molecule has 3 aromatic rings. The van der Waals surface area contributed by atoms with Crippen molar-refractivity contribution in [1.82, 2.24) is 9.72 Å². The van der Waals surface area contributed by atoms with Crippen LogP contribution in [0.3, 0.4) is 0 Å². The molecule has 0 N–H and O–H groups in total. The molecule has 0 atom stereocenters. The zero-order valence-corrected chi connectivity index (χ0v) is 13.0. The van der Waals surface area contributed by atoms with E-state index in [-0.39, 0.29) is 12.5 Å². The summed E-state index contributed by atoms with van der Waals surface area (Å²) < 4.78 is 6.03. The Hall–Kier alpha value is -2.67. The van der Waals surface area contributed by atoms with Crippen molar-refractivity contribution in [2.45, 2.75) is 13.0 Å². The molecule has 23 heavy (non-hydrogen) atoms. The Morgan fingerprint density at radius 2 is 2.13 bits per heavy atom. The van der Waals surface area contributed by atoms with Gasteiger partial charge in [-0.3, -0.25) is 9.32 Å². The van der Waals surface area contributed by atoms with E-state index in [1.165, 1.54) is 15.9 Å². The molecule has 3 heterocycles. The molecule has 1 aromatic carbocycles. The number of nitrogens with zero attached hydrogens (tertiary/aromatic N) is 3. The highest BCUT2D eigenvalue weighted by atomic mass is 32.1. The summed E-state index contributed by atoms with van der Waals surface area (Å²) in [4.78, 5) is 27.1. The van der Waals surface area contributed by atoms with E-state index < -0.39 is 5.76 Å². The maximum Gasteiger partial charge on any atom is 0.442 e. The quantitative estimate of drug-likeness (QED) is 0.739. The molecule has 0 spiro atoms. The van der Waals surface area contributed by atoms with Gasteiger partial charge >= 0.3 is 5.76 Å². The van der Waals surface area contributed by atoms with Crippen LogP contribution < -0.4 is 10.7 Å². The summed E-state index contributed by atoms with van der Waals surface area (Å²) in [5.41, 5.74) is 2.07. The Morgan fingerprint density at radius 3 is 2.96 bits per heavy atom. The number of rotatable bonds is 3. The minimum Gasteiger partial charge on any atom is -0.310 e. The van der Waals surface area contributed by atoms with Gasteiger partial charge in [-0.2, -0.15) is 0 Å². The van der Waals surface area contributed by atoms with E-state index in [4.69, 9.17) is 4.52 Å². The van der Waals surface area contributed by atoms with Gasteiger partial charge in [-0.1, -0.05) is 29.4 Å². The number of amides is 1. The van der Waals surface area contributed by atoms with Crippen LogP contribution in [0.1, 0.15) is 5.56 Å². The van der Waals surface area contributed by atoms with Crippen LogP contribution in [0.5, 0.6) is 0 Å². The van der Waals surface area contributed by atoms with Gasteiger partial charge in [0.1, 0.15) is 6.54 Å². The van der Waals surface area contributed by atoms with Crippen molar-refractivity contribution in [3.05, 3.63) is 57.9 Å². The average Bonchev–Trinajstić information content (AvgIpc) is 3.28. The highest BCUT2D eigenvalue weighted by molar-refractivity contribution is 7.13. The van der Waals surface area contributed by atoms with Gasteiger partial charge < -0.3 is 4.90 Å². The molecule has 1 amide bonds. The topological polar surface area (TPSA) is 68.3 Å². The van der Waals surface area contributed by atoms with Crippen molar-refractivity contribution in [1.29, 1.82) is 0 Å². The Balaban J connectivity index is 1.64. The highest BCUT2D eigenvalue weighted by Crippen LogP contribution is 2.28. The lowest BCUT2D eigenvalue weighted by atomic mass is 10.2. The van der Waals surface area contributed by atoms with E-state index >= 15 is 0 Å². The molecule has 0 bridgehead atoms. The maximum atomic E-state index is 12.6. The second kappa shape index (κ2) is 5.51. The normalized spacial score (nSPS) is 13.3. The average molecular weight is 327 g/mol. The van der Waals surface area contributed by atoms with Crippen LogP contribution in [0.15, 0.2) is 51.1 Å². The summed E-state index contributed by atoms with van der Waals surface area (Å²) >= 11 is 1.44. The predicted molar refractivity (Wildman–Crippen MR) is 86.6 cm³/mol. The first kappa shape index (κ1) is 14.0. The zero-order valence-electron chi connectivity index (χ0n) is 12.1. The fourth-order valence-electron chi connectivity index (χ4n) is 2.81. The fourth-order valence-corrected chi connectivity index (χ4v) is 3.52. The van der Waals surface area contributed by atoms with Crippen molar-refractivity contribution in [3.8, 4) is 10.7 Å². The van der Waals surface area contributed by atoms with Crippen LogP contribution in [-0.4, -0.2) is 22.2 Å². The van der Waals surface area contributed by atoms with Crippen molar-refractivity contribution >= 4 is 22.9 Å². The van der Waals surface area contributed by atoms with E-state index in [1.807, 2.05) is 41.8 Å². The van der Waals surface area contributed by atoms with Crippen LogP contribution in [0.25, 0.3) is 10.7 Å². The van der Waals surface area contributed by atoms with Crippen LogP contribution in [0, 0.1) is 0 Å². The van der Waals surface area contributed by atoms with Crippen molar-refractivity contribution in [2.75, 3.05) is 11.4 Å². The first-order chi connectivity index (χ1) is 11.2. The first-order valence-corrected chi connectivity index (χ1v) is 8.10. The van der Waals surface area contributed by atoms with Gasteiger partial charge in [0.2, 0.25) is 5.91 Å². The number of para-hydroxylation sites is 1. The number of anilines is 1. The predicted octanol–water partition coefficient (Wildman–Crippen LogP) is 2.15. The van der Waals surface area contributed by atoms with E-state index in [2.05, 4.69) is 5.16 Å². The molecular formula is C16H13N3O3S. The lowest BCUT2D eigenvalue weighted by Crippen LogP contribution is -2.34. The number of carbonyl (C=O) groups is 1. The lowest BCUT2D eigenvalue weighted by molar-refractivity contribution is -0.119. The van der Waals surface area contributed by atoms with Crippen LogP contribution >= 0.6 is 11.3 Å². The second-order valence-electron chi connectivity index (χ2n) is 5.26. The van der Waals surface area contributed by atoms with Crippen LogP contribution in [0.2, 0.25) is 0 Å². The van der Waals surface area contributed by atoms with Gasteiger partial charge in [0, 0.05) is 12.2 Å². The van der Waals surface area contributed by atoms with Gasteiger partial charge in [0.25, 0.3) is 0 Å². The molecule has 7 heteroatoms. The Bertz CT molecular complexity index is 911. The minimum atomic E-state index is -0.616. The maximum absolute atomic E-state index is 12.6. The molecule has 0 saturated carbocycles. The Morgan fingerprint density at radius 1 is 1.26 bits per heavy atom. The van der Waals surface area contributed by atoms with E-state index in [0.717, 1.165) is 22.5 Å². The van der Waals surface area contributed by atoms with Gasteiger partial charge in [0.15, 0.2) is 5.82 Å². The van der Waals surface area contributed by atoms with Crippen molar-refractivity contribution in [2.24, 2.45) is 0 Å². The molecule has 6 nitrogen and oxygen atoms in total. The molecule has 2 aromatic heterocycles. The minimum absolute atomic E-state index is 0.0795. The smallest absolute Gasteiger partial charge is 0.310 e. The lowest BCUT2D eigenvalue weighted by Gasteiger charge is -2.17. The third-order valence-corrected chi connectivity index (χ3v) is 4.78.